The third-order valence-electron chi connectivity index (χ3n) is 2.26. The number of hydrogen-bond acceptors (Lipinski definition) is 1. The first-order valence-corrected chi connectivity index (χ1v) is 5.23. The van der Waals surface area contributed by atoms with Crippen LogP contribution in [0.25, 0.3) is 17.0 Å². The summed E-state index contributed by atoms with van der Waals surface area (Å²) in [5.41, 5.74) is 2.02. The van der Waals surface area contributed by atoms with Gasteiger partial charge in [0.05, 0.1) is 0 Å². The number of benzene rings is 1. The van der Waals surface area contributed by atoms with Gasteiger partial charge in [-0.1, -0.05) is 23.8 Å². The van der Waals surface area contributed by atoms with Crippen molar-refractivity contribution in [3.63, 3.8) is 0 Å². The maximum atomic E-state index is 8.66. The minimum atomic E-state index is 0.167. The predicted molar refractivity (Wildman–Crippen MR) is 64.0 cm³/mol. The van der Waals surface area contributed by atoms with Gasteiger partial charge in [0, 0.05) is 28.7 Å². The fourth-order valence-electron chi connectivity index (χ4n) is 1.50. The highest BCUT2D eigenvalue weighted by atomic mass is 35.5. The van der Waals surface area contributed by atoms with Crippen molar-refractivity contribution in [3.05, 3.63) is 41.1 Å². The second-order valence-electron chi connectivity index (χ2n) is 3.35. The van der Waals surface area contributed by atoms with Crippen LogP contribution in [0.3, 0.4) is 0 Å². The van der Waals surface area contributed by atoms with Gasteiger partial charge in [0.2, 0.25) is 0 Å². The molecule has 2 rings (SSSR count). The number of aliphatic hydroxyl groups is 1. The molecule has 1 aromatic heterocycles. The SMILES string of the molecule is OCCC=Cc1cc2cc[nH]c2cc1Cl. The van der Waals surface area contributed by atoms with Crippen LogP contribution in [-0.2, 0) is 0 Å². The van der Waals surface area contributed by atoms with E-state index >= 15 is 0 Å². The van der Waals surface area contributed by atoms with Gasteiger partial charge in [-0.05, 0) is 30.2 Å². The molecule has 0 amide bonds. The molecule has 0 spiro atoms. The topological polar surface area (TPSA) is 36.0 Å². The first kappa shape index (κ1) is 10.3. The first-order valence-electron chi connectivity index (χ1n) is 4.85. The minimum Gasteiger partial charge on any atom is -0.396 e. The van der Waals surface area contributed by atoms with Gasteiger partial charge in [-0.3, -0.25) is 0 Å². The number of aromatic amines is 1. The minimum absolute atomic E-state index is 0.167. The van der Waals surface area contributed by atoms with E-state index in [4.69, 9.17) is 16.7 Å². The van der Waals surface area contributed by atoms with Gasteiger partial charge in [-0.25, -0.2) is 0 Å². The maximum absolute atomic E-state index is 8.66. The van der Waals surface area contributed by atoms with E-state index in [1.165, 1.54) is 0 Å². The molecule has 0 aliphatic heterocycles. The Labute approximate surface area is 93.2 Å². The molecular weight excluding hydrogens is 210 g/mol. The van der Waals surface area contributed by atoms with Crippen LogP contribution in [0.5, 0.6) is 0 Å². The van der Waals surface area contributed by atoms with E-state index in [-0.39, 0.29) is 6.61 Å². The number of H-pyrrole nitrogens is 1. The van der Waals surface area contributed by atoms with Gasteiger partial charge < -0.3 is 10.1 Å². The summed E-state index contributed by atoms with van der Waals surface area (Å²) in [6.45, 7) is 0.167. The summed E-state index contributed by atoms with van der Waals surface area (Å²) < 4.78 is 0. The van der Waals surface area contributed by atoms with Crippen molar-refractivity contribution in [1.82, 2.24) is 4.98 Å². The van der Waals surface area contributed by atoms with Gasteiger partial charge >= 0.3 is 0 Å². The van der Waals surface area contributed by atoms with Crippen molar-refractivity contribution in [2.24, 2.45) is 0 Å². The maximum Gasteiger partial charge on any atom is 0.0499 e. The van der Waals surface area contributed by atoms with Crippen LogP contribution in [0.4, 0.5) is 0 Å². The summed E-state index contributed by atoms with van der Waals surface area (Å²) in [4.78, 5) is 3.11. The standard InChI is InChI=1S/C12H12ClNO/c13-11-8-12-10(4-5-14-12)7-9(11)3-1-2-6-15/h1,3-5,7-8,14-15H,2,6H2. The Balaban J connectivity index is 2.37. The van der Waals surface area contributed by atoms with Crippen molar-refractivity contribution >= 4 is 28.6 Å². The monoisotopic (exact) mass is 221 g/mol. The van der Waals surface area contributed by atoms with Gasteiger partial charge in [-0.15, -0.1) is 0 Å². The van der Waals surface area contributed by atoms with Crippen LogP contribution >= 0.6 is 11.6 Å². The zero-order valence-electron chi connectivity index (χ0n) is 8.20. The lowest BCUT2D eigenvalue weighted by Crippen LogP contribution is -1.78. The van der Waals surface area contributed by atoms with E-state index in [1.807, 2.05) is 36.5 Å². The number of aromatic nitrogens is 1. The fraction of sp³-hybridized carbons (Fsp3) is 0.167. The molecule has 2 N–H and O–H groups in total. The number of rotatable bonds is 3. The molecule has 15 heavy (non-hydrogen) atoms. The van der Waals surface area contributed by atoms with Crippen molar-refractivity contribution in [3.8, 4) is 0 Å². The molecule has 2 aromatic rings. The molecule has 1 aromatic carbocycles. The van der Waals surface area contributed by atoms with E-state index in [9.17, 15) is 0 Å². The summed E-state index contributed by atoms with van der Waals surface area (Å²) in [6.07, 6.45) is 6.40. The third kappa shape index (κ3) is 2.22. The Morgan fingerprint density at radius 3 is 3.07 bits per heavy atom. The number of nitrogens with one attached hydrogen (secondary N) is 1. The second-order valence-corrected chi connectivity index (χ2v) is 3.76. The van der Waals surface area contributed by atoms with Crippen LogP contribution in [0, 0.1) is 0 Å². The van der Waals surface area contributed by atoms with E-state index in [1.54, 1.807) is 0 Å². The van der Waals surface area contributed by atoms with Gasteiger partial charge in [0.15, 0.2) is 0 Å². The molecule has 0 saturated carbocycles. The molecule has 1 heterocycles. The Morgan fingerprint density at radius 1 is 1.40 bits per heavy atom. The molecule has 0 unspecified atom stereocenters. The van der Waals surface area contributed by atoms with Crippen LogP contribution < -0.4 is 0 Å². The lowest BCUT2D eigenvalue weighted by Gasteiger charge is -1.99. The summed E-state index contributed by atoms with van der Waals surface area (Å²) in [5.74, 6) is 0. The van der Waals surface area contributed by atoms with Crippen molar-refractivity contribution in [2.75, 3.05) is 6.61 Å². The third-order valence-corrected chi connectivity index (χ3v) is 2.59. The van der Waals surface area contributed by atoms with E-state index < -0.39 is 0 Å². The lowest BCUT2D eigenvalue weighted by molar-refractivity contribution is 0.303. The predicted octanol–water partition coefficient (Wildman–Crippen LogP) is 3.22. The van der Waals surface area contributed by atoms with Gasteiger partial charge in [0.1, 0.15) is 0 Å². The summed E-state index contributed by atoms with van der Waals surface area (Å²) in [5, 5.41) is 10.5. The Kier molecular flexibility index (Phi) is 3.09. The molecule has 0 aliphatic carbocycles. The van der Waals surface area contributed by atoms with Crippen molar-refractivity contribution < 1.29 is 5.11 Å². The Morgan fingerprint density at radius 2 is 2.27 bits per heavy atom. The molecule has 2 nitrogen and oxygen atoms in total. The molecule has 78 valence electrons. The van der Waals surface area contributed by atoms with E-state index in [2.05, 4.69) is 4.98 Å². The number of halogens is 1. The summed E-state index contributed by atoms with van der Waals surface area (Å²) in [6, 6.07) is 5.95. The quantitative estimate of drug-likeness (QED) is 0.820. The normalized spacial score (nSPS) is 11.6. The summed E-state index contributed by atoms with van der Waals surface area (Å²) >= 11 is 6.11. The van der Waals surface area contributed by atoms with E-state index in [0.717, 1.165) is 21.5 Å². The molecule has 0 fully saturated rings. The largest absolute Gasteiger partial charge is 0.396 e. The average molecular weight is 222 g/mol. The van der Waals surface area contributed by atoms with Gasteiger partial charge in [0.25, 0.3) is 0 Å². The van der Waals surface area contributed by atoms with Crippen molar-refractivity contribution in [1.29, 1.82) is 0 Å². The lowest BCUT2D eigenvalue weighted by atomic mass is 10.1. The molecule has 0 atom stereocenters. The number of aliphatic hydroxyl groups excluding tert-OH is 1. The number of hydrogen-bond donors (Lipinski definition) is 2. The molecular formula is C12H12ClNO. The van der Waals surface area contributed by atoms with Gasteiger partial charge in [-0.2, -0.15) is 0 Å². The Hall–Kier alpha value is -1.25. The highest BCUT2D eigenvalue weighted by molar-refractivity contribution is 6.32. The van der Waals surface area contributed by atoms with Crippen LogP contribution in [-0.4, -0.2) is 16.7 Å². The molecule has 0 saturated heterocycles. The second kappa shape index (κ2) is 4.51. The zero-order valence-corrected chi connectivity index (χ0v) is 8.96. The smallest absolute Gasteiger partial charge is 0.0499 e. The van der Waals surface area contributed by atoms with Crippen LogP contribution in [0.15, 0.2) is 30.5 Å². The van der Waals surface area contributed by atoms with E-state index in [0.29, 0.717) is 6.42 Å². The number of fused-ring (bicyclic) bond motifs is 1. The zero-order chi connectivity index (χ0) is 10.7. The average Bonchev–Trinajstić information content (AvgIpc) is 2.65. The summed E-state index contributed by atoms with van der Waals surface area (Å²) in [7, 11) is 0. The molecule has 3 heteroatoms. The first-order chi connectivity index (χ1) is 7.31. The van der Waals surface area contributed by atoms with Crippen LogP contribution in [0.1, 0.15) is 12.0 Å². The van der Waals surface area contributed by atoms with Crippen LogP contribution in [0.2, 0.25) is 5.02 Å². The fourth-order valence-corrected chi connectivity index (χ4v) is 1.73. The molecule has 0 aliphatic rings. The molecule has 0 bridgehead atoms. The molecule has 0 radical (unpaired) electrons. The van der Waals surface area contributed by atoms with Crippen molar-refractivity contribution in [2.45, 2.75) is 6.42 Å². The Bertz CT molecular complexity index is 487. The highest BCUT2D eigenvalue weighted by Crippen LogP contribution is 2.24. The highest BCUT2D eigenvalue weighted by Gasteiger charge is 2.00.